The maximum atomic E-state index is 13.6. The first kappa shape index (κ1) is 20.4. The molecule has 0 spiro atoms. The van der Waals surface area contributed by atoms with Crippen LogP contribution in [0, 0.1) is 11.6 Å². The zero-order valence-electron chi connectivity index (χ0n) is 14.3. The fourth-order valence-electron chi connectivity index (χ4n) is 2.61. The first-order valence-corrected chi connectivity index (χ1v) is 10.1. The summed E-state index contributed by atoms with van der Waals surface area (Å²) in [7, 11) is -2.78. The Labute approximate surface area is 170 Å². The number of sulfonamides is 1. The maximum absolute atomic E-state index is 13.6. The fourth-order valence-corrected chi connectivity index (χ4v) is 4.53. The molecule has 0 bridgehead atoms. The highest BCUT2D eigenvalue weighted by atomic mass is 35.5. The van der Waals surface area contributed by atoms with Crippen molar-refractivity contribution in [2.24, 2.45) is 0 Å². The van der Waals surface area contributed by atoms with Crippen molar-refractivity contribution in [3.63, 3.8) is 0 Å². The minimum absolute atomic E-state index is 0.0486. The van der Waals surface area contributed by atoms with Crippen molar-refractivity contribution in [1.29, 1.82) is 0 Å². The molecule has 0 amide bonds. The van der Waals surface area contributed by atoms with Crippen LogP contribution in [-0.4, -0.2) is 15.5 Å². The van der Waals surface area contributed by atoms with E-state index < -0.39 is 21.7 Å². The molecule has 0 saturated heterocycles. The van der Waals surface area contributed by atoms with E-state index >= 15 is 0 Å². The van der Waals surface area contributed by atoms with Gasteiger partial charge in [0.05, 0.1) is 17.8 Å². The molecule has 3 aromatic rings. The molecule has 0 atom stereocenters. The molecule has 4 nitrogen and oxygen atoms in total. The Morgan fingerprint density at radius 1 is 0.929 bits per heavy atom. The van der Waals surface area contributed by atoms with E-state index in [1.54, 1.807) is 12.1 Å². The van der Waals surface area contributed by atoms with Crippen molar-refractivity contribution in [2.75, 3.05) is 11.8 Å². The lowest BCUT2D eigenvalue weighted by atomic mass is 10.0. The molecule has 0 aromatic heterocycles. The molecular weight excluding hydrogens is 431 g/mol. The van der Waals surface area contributed by atoms with Gasteiger partial charge in [-0.3, -0.25) is 4.72 Å². The number of ether oxygens (including phenoxy) is 1. The predicted molar refractivity (Wildman–Crippen MR) is 106 cm³/mol. The van der Waals surface area contributed by atoms with Gasteiger partial charge in [0.25, 0.3) is 10.0 Å². The lowest BCUT2D eigenvalue weighted by Gasteiger charge is -2.15. The molecule has 0 aliphatic carbocycles. The standard InChI is InChI=1S/C19H13Cl2F2NO3S/c1-27-16-6-7-17(19(21)18(16)20)28(25,26)24-15-5-3-2-4-14(15)11-8-12(22)10-13(23)9-11/h2-10,24H,1H3. The van der Waals surface area contributed by atoms with Crippen LogP contribution in [0.3, 0.4) is 0 Å². The van der Waals surface area contributed by atoms with E-state index in [9.17, 15) is 17.2 Å². The Kier molecular flexibility index (Phi) is 5.79. The molecular formula is C19H13Cl2F2NO3S. The smallest absolute Gasteiger partial charge is 0.263 e. The van der Waals surface area contributed by atoms with E-state index in [4.69, 9.17) is 27.9 Å². The SMILES string of the molecule is COc1ccc(S(=O)(=O)Nc2ccccc2-c2cc(F)cc(F)c2)c(Cl)c1Cl. The van der Waals surface area contributed by atoms with Gasteiger partial charge in [0.1, 0.15) is 27.3 Å². The molecule has 0 aliphatic heterocycles. The Balaban J connectivity index is 2.06. The second-order valence-electron chi connectivity index (χ2n) is 5.70. The number of rotatable bonds is 5. The minimum Gasteiger partial charge on any atom is -0.495 e. The zero-order chi connectivity index (χ0) is 20.5. The zero-order valence-corrected chi connectivity index (χ0v) is 16.7. The molecule has 0 unspecified atom stereocenters. The quantitative estimate of drug-likeness (QED) is 0.546. The van der Waals surface area contributed by atoms with Gasteiger partial charge < -0.3 is 4.74 Å². The van der Waals surface area contributed by atoms with Crippen molar-refractivity contribution < 1.29 is 21.9 Å². The maximum Gasteiger partial charge on any atom is 0.263 e. The van der Waals surface area contributed by atoms with Crippen LogP contribution in [0.1, 0.15) is 0 Å². The molecule has 0 saturated carbocycles. The molecule has 0 fully saturated rings. The molecule has 3 aromatic carbocycles. The average Bonchev–Trinajstić information content (AvgIpc) is 2.63. The number of nitrogens with one attached hydrogen (secondary N) is 1. The molecule has 28 heavy (non-hydrogen) atoms. The van der Waals surface area contributed by atoms with E-state index in [0.29, 0.717) is 5.56 Å². The number of methoxy groups -OCH3 is 1. The summed E-state index contributed by atoms with van der Waals surface area (Å²) < 4.78 is 60.3. The van der Waals surface area contributed by atoms with Gasteiger partial charge in [0.2, 0.25) is 0 Å². The van der Waals surface area contributed by atoms with Crippen LogP contribution in [0.4, 0.5) is 14.5 Å². The Morgan fingerprint density at radius 2 is 1.57 bits per heavy atom. The van der Waals surface area contributed by atoms with Crippen molar-refractivity contribution in [3.8, 4) is 16.9 Å². The van der Waals surface area contributed by atoms with E-state index in [1.807, 2.05) is 0 Å². The van der Waals surface area contributed by atoms with Gasteiger partial charge in [-0.2, -0.15) is 0 Å². The summed E-state index contributed by atoms with van der Waals surface area (Å²) in [5.41, 5.74) is 0.588. The number of hydrogen-bond donors (Lipinski definition) is 1. The third-order valence-electron chi connectivity index (χ3n) is 3.87. The summed E-state index contributed by atoms with van der Waals surface area (Å²) in [6.07, 6.45) is 0. The molecule has 0 heterocycles. The summed E-state index contributed by atoms with van der Waals surface area (Å²) in [4.78, 5) is -0.264. The Morgan fingerprint density at radius 3 is 2.21 bits per heavy atom. The second kappa shape index (κ2) is 7.95. The Hall–Kier alpha value is -2.35. The average molecular weight is 444 g/mol. The van der Waals surface area contributed by atoms with Crippen LogP contribution in [0.2, 0.25) is 10.0 Å². The first-order valence-electron chi connectivity index (χ1n) is 7.83. The predicted octanol–water partition coefficient (Wildman–Crippen LogP) is 5.75. The van der Waals surface area contributed by atoms with Crippen molar-refractivity contribution >= 4 is 38.9 Å². The van der Waals surface area contributed by atoms with Crippen LogP contribution in [0.25, 0.3) is 11.1 Å². The van der Waals surface area contributed by atoms with Gasteiger partial charge in [0, 0.05) is 11.6 Å². The van der Waals surface area contributed by atoms with E-state index in [2.05, 4.69) is 4.72 Å². The van der Waals surface area contributed by atoms with Crippen molar-refractivity contribution in [2.45, 2.75) is 4.90 Å². The van der Waals surface area contributed by atoms with Gasteiger partial charge in [-0.25, -0.2) is 17.2 Å². The molecule has 3 rings (SSSR count). The van der Waals surface area contributed by atoms with Crippen LogP contribution in [-0.2, 0) is 10.0 Å². The number of hydrogen-bond acceptors (Lipinski definition) is 3. The summed E-state index contributed by atoms with van der Waals surface area (Å²) in [5.74, 6) is -1.34. The summed E-state index contributed by atoms with van der Waals surface area (Å²) >= 11 is 12.1. The van der Waals surface area contributed by atoms with E-state index in [-0.39, 0.29) is 31.9 Å². The second-order valence-corrected chi connectivity index (χ2v) is 8.11. The van der Waals surface area contributed by atoms with E-state index in [1.165, 1.54) is 31.4 Å². The van der Waals surface area contributed by atoms with Gasteiger partial charge in [-0.1, -0.05) is 41.4 Å². The van der Waals surface area contributed by atoms with Crippen LogP contribution >= 0.6 is 23.2 Å². The van der Waals surface area contributed by atoms with Crippen LogP contribution in [0.15, 0.2) is 59.5 Å². The van der Waals surface area contributed by atoms with Crippen LogP contribution < -0.4 is 9.46 Å². The monoisotopic (exact) mass is 443 g/mol. The lowest BCUT2D eigenvalue weighted by Crippen LogP contribution is -2.14. The number of halogens is 4. The van der Waals surface area contributed by atoms with Gasteiger partial charge in [-0.05, 0) is 35.9 Å². The number of anilines is 1. The molecule has 9 heteroatoms. The number of benzene rings is 3. The Bertz CT molecular complexity index is 1130. The topological polar surface area (TPSA) is 55.4 Å². The molecule has 146 valence electrons. The summed E-state index contributed by atoms with van der Waals surface area (Å²) in [6.45, 7) is 0. The third kappa shape index (κ3) is 4.06. The highest BCUT2D eigenvalue weighted by Gasteiger charge is 2.23. The van der Waals surface area contributed by atoms with Gasteiger partial charge in [-0.15, -0.1) is 0 Å². The van der Waals surface area contributed by atoms with Crippen molar-refractivity contribution in [3.05, 3.63) is 76.3 Å². The molecule has 0 aliphatic rings. The van der Waals surface area contributed by atoms with Gasteiger partial charge in [0.15, 0.2) is 0 Å². The highest BCUT2D eigenvalue weighted by Crippen LogP contribution is 2.38. The summed E-state index contributed by atoms with van der Waals surface area (Å²) in [5, 5.41) is -0.254. The van der Waals surface area contributed by atoms with Gasteiger partial charge >= 0.3 is 0 Å². The highest BCUT2D eigenvalue weighted by molar-refractivity contribution is 7.92. The first-order chi connectivity index (χ1) is 13.2. The normalized spacial score (nSPS) is 11.3. The fraction of sp³-hybridized carbons (Fsp3) is 0.0526. The summed E-state index contributed by atoms with van der Waals surface area (Å²) in [6, 6.07) is 11.8. The van der Waals surface area contributed by atoms with E-state index in [0.717, 1.165) is 18.2 Å². The largest absolute Gasteiger partial charge is 0.495 e. The van der Waals surface area contributed by atoms with Crippen LogP contribution in [0.5, 0.6) is 5.75 Å². The van der Waals surface area contributed by atoms with Crippen molar-refractivity contribution in [1.82, 2.24) is 0 Å². The minimum atomic E-state index is -4.15. The third-order valence-corrected chi connectivity index (χ3v) is 6.25. The molecule has 1 N–H and O–H groups in total. The molecule has 0 radical (unpaired) electrons. The number of para-hydroxylation sites is 1. The lowest BCUT2D eigenvalue weighted by molar-refractivity contribution is 0.414.